The Kier molecular flexibility index (Phi) is 6.04. The number of benzene rings is 1. The molecule has 2 atom stereocenters. The third-order valence-corrected chi connectivity index (χ3v) is 6.38. The van der Waals surface area contributed by atoms with Crippen LogP contribution in [-0.2, 0) is 11.2 Å². The molecule has 0 spiro atoms. The molecule has 2 aliphatic rings. The highest BCUT2D eigenvalue weighted by Crippen LogP contribution is 2.29. The van der Waals surface area contributed by atoms with Crippen LogP contribution in [0.1, 0.15) is 31.2 Å². The second kappa shape index (κ2) is 8.68. The summed E-state index contributed by atoms with van der Waals surface area (Å²) in [6.45, 7) is 2.90. The van der Waals surface area contributed by atoms with Gasteiger partial charge in [-0.3, -0.25) is 4.90 Å². The zero-order chi connectivity index (χ0) is 19.5. The van der Waals surface area contributed by atoms with Crippen LogP contribution in [0.15, 0.2) is 24.3 Å². The topological polar surface area (TPSA) is 83.3 Å². The van der Waals surface area contributed by atoms with E-state index < -0.39 is 0 Å². The number of nitrogens with two attached hydrogens (primary N) is 1. The number of ether oxygens (including phenoxy) is 1. The SMILES string of the molecule is CO[C@@H]1CC[C@H](Cc2ccc(Cl)cc2)N(C2CCN(c3n[nH]c(N)n3)CC2)C1. The van der Waals surface area contributed by atoms with E-state index in [0.717, 1.165) is 50.3 Å². The number of rotatable bonds is 5. The van der Waals surface area contributed by atoms with Crippen LogP contribution in [-0.4, -0.2) is 65.0 Å². The Hall–Kier alpha value is -1.83. The van der Waals surface area contributed by atoms with E-state index in [1.165, 1.54) is 12.0 Å². The lowest BCUT2D eigenvalue weighted by Crippen LogP contribution is -2.55. The van der Waals surface area contributed by atoms with Crippen molar-refractivity contribution in [2.75, 3.05) is 37.4 Å². The molecule has 2 aromatic rings. The number of piperidine rings is 2. The summed E-state index contributed by atoms with van der Waals surface area (Å²) in [6, 6.07) is 9.39. The van der Waals surface area contributed by atoms with Gasteiger partial charge in [0.2, 0.25) is 11.9 Å². The van der Waals surface area contributed by atoms with Crippen LogP contribution in [0.25, 0.3) is 0 Å². The number of aromatic nitrogens is 3. The molecule has 0 aliphatic carbocycles. The summed E-state index contributed by atoms with van der Waals surface area (Å²) in [5.74, 6) is 1.08. The number of hydrogen-bond acceptors (Lipinski definition) is 6. The molecule has 0 unspecified atom stereocenters. The van der Waals surface area contributed by atoms with Crippen LogP contribution < -0.4 is 10.6 Å². The molecule has 1 aromatic heterocycles. The number of hydrogen-bond donors (Lipinski definition) is 2. The van der Waals surface area contributed by atoms with Crippen molar-refractivity contribution < 1.29 is 4.74 Å². The minimum atomic E-state index is 0.326. The lowest BCUT2D eigenvalue weighted by molar-refractivity contribution is -0.0193. The molecule has 2 saturated heterocycles. The fraction of sp³-hybridized carbons (Fsp3) is 0.600. The average molecular weight is 405 g/mol. The molecule has 28 heavy (non-hydrogen) atoms. The fourth-order valence-corrected chi connectivity index (χ4v) is 4.70. The predicted octanol–water partition coefficient (Wildman–Crippen LogP) is 2.73. The molecule has 2 aliphatic heterocycles. The van der Waals surface area contributed by atoms with E-state index in [9.17, 15) is 0 Å². The van der Waals surface area contributed by atoms with Crippen LogP contribution in [0.4, 0.5) is 11.9 Å². The monoisotopic (exact) mass is 404 g/mol. The van der Waals surface area contributed by atoms with Crippen molar-refractivity contribution in [3.63, 3.8) is 0 Å². The van der Waals surface area contributed by atoms with Gasteiger partial charge in [-0.2, -0.15) is 4.98 Å². The summed E-state index contributed by atoms with van der Waals surface area (Å²) < 4.78 is 5.71. The molecule has 7 nitrogen and oxygen atoms in total. The van der Waals surface area contributed by atoms with Gasteiger partial charge in [0.05, 0.1) is 6.10 Å². The maximum atomic E-state index is 6.06. The number of halogens is 1. The normalized spacial score (nSPS) is 24.6. The summed E-state index contributed by atoms with van der Waals surface area (Å²) >= 11 is 6.06. The van der Waals surface area contributed by atoms with Gasteiger partial charge in [0.15, 0.2) is 0 Å². The molecule has 1 aromatic carbocycles. The van der Waals surface area contributed by atoms with Crippen molar-refractivity contribution >= 4 is 23.5 Å². The highest BCUT2D eigenvalue weighted by Gasteiger charge is 2.35. The van der Waals surface area contributed by atoms with Crippen molar-refractivity contribution in [2.45, 2.75) is 50.3 Å². The third-order valence-electron chi connectivity index (χ3n) is 6.13. The van der Waals surface area contributed by atoms with Crippen LogP contribution in [0.3, 0.4) is 0 Å². The summed E-state index contributed by atoms with van der Waals surface area (Å²) in [5, 5.41) is 7.73. The lowest BCUT2D eigenvalue weighted by atomic mass is 9.90. The number of H-pyrrole nitrogens is 1. The van der Waals surface area contributed by atoms with Gasteiger partial charge in [-0.15, -0.1) is 5.10 Å². The maximum absolute atomic E-state index is 6.06. The highest BCUT2D eigenvalue weighted by atomic mass is 35.5. The smallest absolute Gasteiger partial charge is 0.246 e. The molecule has 3 N–H and O–H groups in total. The van der Waals surface area contributed by atoms with Gasteiger partial charge in [0.25, 0.3) is 0 Å². The molecule has 0 saturated carbocycles. The highest BCUT2D eigenvalue weighted by molar-refractivity contribution is 6.30. The standard InChI is InChI=1S/C20H29ClN6O/c1-28-18-7-6-17(12-14-2-4-15(21)5-3-14)27(13-18)16-8-10-26(11-9-16)20-23-19(22)24-25-20/h2-5,16-18H,6-13H2,1H3,(H3,22,23,24,25)/t17-,18-/m1/s1. The van der Waals surface area contributed by atoms with Gasteiger partial charge < -0.3 is 15.4 Å². The second-order valence-electron chi connectivity index (χ2n) is 7.86. The fourth-order valence-electron chi connectivity index (χ4n) is 4.58. The van der Waals surface area contributed by atoms with Crippen LogP contribution >= 0.6 is 11.6 Å². The average Bonchev–Trinajstić information content (AvgIpc) is 3.16. The Morgan fingerprint density at radius 3 is 2.57 bits per heavy atom. The van der Waals surface area contributed by atoms with Gasteiger partial charge in [-0.05, 0) is 49.8 Å². The Morgan fingerprint density at radius 1 is 1.18 bits per heavy atom. The van der Waals surface area contributed by atoms with E-state index in [1.54, 1.807) is 0 Å². The van der Waals surface area contributed by atoms with E-state index in [1.807, 2.05) is 19.2 Å². The van der Waals surface area contributed by atoms with Crippen molar-refractivity contribution in [3.05, 3.63) is 34.9 Å². The Morgan fingerprint density at radius 2 is 1.93 bits per heavy atom. The Labute approximate surface area is 171 Å². The van der Waals surface area contributed by atoms with Gasteiger partial charge in [0, 0.05) is 43.9 Å². The first kappa shape index (κ1) is 19.5. The summed E-state index contributed by atoms with van der Waals surface area (Å²) in [6.07, 6.45) is 5.88. The molecule has 0 amide bonds. The van der Waals surface area contributed by atoms with Gasteiger partial charge >= 0.3 is 0 Å². The van der Waals surface area contributed by atoms with E-state index >= 15 is 0 Å². The van der Waals surface area contributed by atoms with Crippen LogP contribution in [0, 0.1) is 0 Å². The first-order chi connectivity index (χ1) is 13.6. The molecule has 3 heterocycles. The number of nitrogens with zero attached hydrogens (tertiary/aromatic N) is 4. The van der Waals surface area contributed by atoms with E-state index in [4.69, 9.17) is 22.1 Å². The van der Waals surface area contributed by atoms with E-state index in [-0.39, 0.29) is 0 Å². The summed E-state index contributed by atoms with van der Waals surface area (Å²) in [7, 11) is 1.83. The molecule has 2 fully saturated rings. The molecular formula is C20H29ClN6O. The number of nitrogens with one attached hydrogen (secondary N) is 1. The molecule has 152 valence electrons. The first-order valence-electron chi connectivity index (χ1n) is 10.1. The summed E-state index contributed by atoms with van der Waals surface area (Å²) in [4.78, 5) is 9.18. The zero-order valence-corrected chi connectivity index (χ0v) is 17.1. The van der Waals surface area contributed by atoms with Crippen molar-refractivity contribution in [2.24, 2.45) is 0 Å². The van der Waals surface area contributed by atoms with Gasteiger partial charge in [0.1, 0.15) is 0 Å². The minimum absolute atomic E-state index is 0.326. The predicted molar refractivity (Wildman–Crippen MR) is 112 cm³/mol. The number of methoxy groups -OCH3 is 1. The molecule has 0 bridgehead atoms. The molecular weight excluding hydrogens is 376 g/mol. The lowest BCUT2D eigenvalue weighted by Gasteiger charge is -2.46. The maximum Gasteiger partial charge on any atom is 0.246 e. The van der Waals surface area contributed by atoms with Crippen molar-refractivity contribution in [1.82, 2.24) is 20.1 Å². The Bertz CT molecular complexity index is 758. The zero-order valence-electron chi connectivity index (χ0n) is 16.4. The number of nitrogen functional groups attached to an aromatic ring is 1. The minimum Gasteiger partial charge on any atom is -0.380 e. The van der Waals surface area contributed by atoms with Gasteiger partial charge in [-0.25, -0.2) is 5.10 Å². The number of aromatic amines is 1. The number of anilines is 2. The summed E-state index contributed by atoms with van der Waals surface area (Å²) in [5.41, 5.74) is 7.03. The number of likely N-dealkylation sites (tertiary alicyclic amines) is 1. The van der Waals surface area contributed by atoms with Crippen LogP contribution in [0.5, 0.6) is 0 Å². The molecule has 8 heteroatoms. The van der Waals surface area contributed by atoms with Crippen LogP contribution in [0.2, 0.25) is 5.02 Å². The van der Waals surface area contributed by atoms with E-state index in [0.29, 0.717) is 30.1 Å². The van der Waals surface area contributed by atoms with Crippen molar-refractivity contribution in [3.8, 4) is 0 Å². The molecule has 0 radical (unpaired) electrons. The third kappa shape index (κ3) is 4.42. The Balaban J connectivity index is 1.42. The van der Waals surface area contributed by atoms with Crippen molar-refractivity contribution in [1.29, 1.82) is 0 Å². The first-order valence-corrected chi connectivity index (χ1v) is 10.5. The largest absolute Gasteiger partial charge is 0.380 e. The van der Waals surface area contributed by atoms with Gasteiger partial charge in [-0.1, -0.05) is 23.7 Å². The quantitative estimate of drug-likeness (QED) is 0.797. The second-order valence-corrected chi connectivity index (χ2v) is 8.29. The molecule has 4 rings (SSSR count). The van der Waals surface area contributed by atoms with E-state index in [2.05, 4.69) is 37.1 Å².